The van der Waals surface area contributed by atoms with Crippen LogP contribution in [-0.4, -0.2) is 32.5 Å². The first-order chi connectivity index (χ1) is 13.2. The summed E-state index contributed by atoms with van der Waals surface area (Å²) in [5.74, 6) is -0.714. The van der Waals surface area contributed by atoms with Crippen molar-refractivity contribution in [3.8, 4) is 0 Å². The van der Waals surface area contributed by atoms with Crippen molar-refractivity contribution < 1.29 is 22.9 Å². The molecule has 9 heteroatoms. The van der Waals surface area contributed by atoms with E-state index in [1.54, 1.807) is 38.1 Å². The summed E-state index contributed by atoms with van der Waals surface area (Å²) >= 11 is 0. The molecule has 0 saturated heterocycles. The number of benzene rings is 2. The Morgan fingerprint density at radius 3 is 2.32 bits per heavy atom. The van der Waals surface area contributed by atoms with Gasteiger partial charge in [0.05, 0.1) is 22.1 Å². The number of anilines is 1. The highest BCUT2D eigenvalue weighted by Crippen LogP contribution is 2.28. The third-order valence-corrected chi connectivity index (χ3v) is 6.08. The molecule has 0 atom stereocenters. The molecule has 2 aromatic carbocycles. The van der Waals surface area contributed by atoms with E-state index in [9.17, 15) is 23.3 Å². The normalized spacial score (nSPS) is 11.1. The molecule has 28 heavy (non-hydrogen) atoms. The molecule has 0 amide bonds. The Kier molecular flexibility index (Phi) is 6.74. The van der Waals surface area contributed by atoms with E-state index in [0.29, 0.717) is 5.56 Å². The van der Waals surface area contributed by atoms with Gasteiger partial charge in [0.25, 0.3) is 15.7 Å². The number of sulfonamides is 1. The molecule has 2 rings (SSSR count). The van der Waals surface area contributed by atoms with Crippen LogP contribution in [0.5, 0.6) is 0 Å². The van der Waals surface area contributed by atoms with Gasteiger partial charge in [-0.25, -0.2) is 8.42 Å². The van der Waals surface area contributed by atoms with Crippen LogP contribution in [-0.2, 0) is 26.0 Å². The molecule has 2 aromatic rings. The van der Waals surface area contributed by atoms with Gasteiger partial charge >= 0.3 is 5.97 Å². The van der Waals surface area contributed by atoms with E-state index in [1.165, 1.54) is 12.1 Å². The lowest BCUT2D eigenvalue weighted by Crippen LogP contribution is -2.37. The van der Waals surface area contributed by atoms with Crippen LogP contribution in [0.3, 0.4) is 0 Å². The molecule has 0 heterocycles. The number of hydrogen-bond acceptors (Lipinski definition) is 6. The maximum absolute atomic E-state index is 13.3. The van der Waals surface area contributed by atoms with Crippen molar-refractivity contribution in [2.45, 2.75) is 32.1 Å². The number of hydrogen-bond donors (Lipinski definition) is 0. The van der Waals surface area contributed by atoms with Crippen LogP contribution in [0.25, 0.3) is 0 Å². The summed E-state index contributed by atoms with van der Waals surface area (Å²) < 4.78 is 32.5. The van der Waals surface area contributed by atoms with Gasteiger partial charge in [0.1, 0.15) is 6.54 Å². The minimum atomic E-state index is -4.25. The van der Waals surface area contributed by atoms with Crippen molar-refractivity contribution in [3.05, 3.63) is 63.7 Å². The summed E-state index contributed by atoms with van der Waals surface area (Å²) in [5, 5.41) is 11.1. The van der Waals surface area contributed by atoms with E-state index in [0.717, 1.165) is 22.4 Å². The summed E-state index contributed by atoms with van der Waals surface area (Å²) in [6.07, 6.45) is 0.773. The van der Waals surface area contributed by atoms with Crippen LogP contribution in [0.15, 0.2) is 47.4 Å². The predicted molar refractivity (Wildman–Crippen MR) is 105 cm³/mol. The second-order valence-electron chi connectivity index (χ2n) is 6.04. The average molecular weight is 406 g/mol. The standard InChI is InChI=1S/C19H22N2O6S/c1-4-15-7-10-16(11-8-15)20(13-19(22)27-5-2)28(25,26)18-12-17(21(23)24)9-6-14(18)3/h6-12H,4-5,13H2,1-3H3. The maximum atomic E-state index is 13.3. The lowest BCUT2D eigenvalue weighted by molar-refractivity contribution is -0.385. The number of rotatable bonds is 8. The van der Waals surface area contributed by atoms with Crippen molar-refractivity contribution >= 4 is 27.4 Å². The van der Waals surface area contributed by atoms with Crippen LogP contribution >= 0.6 is 0 Å². The molecular weight excluding hydrogens is 384 g/mol. The minimum Gasteiger partial charge on any atom is -0.465 e. The zero-order chi connectivity index (χ0) is 20.9. The SMILES string of the molecule is CCOC(=O)CN(c1ccc(CC)cc1)S(=O)(=O)c1cc([N+](=O)[O-])ccc1C. The van der Waals surface area contributed by atoms with Gasteiger partial charge in [-0.05, 0) is 43.5 Å². The molecule has 0 spiro atoms. The molecule has 0 N–H and O–H groups in total. The molecule has 0 saturated carbocycles. The quantitative estimate of drug-likeness (QED) is 0.378. The van der Waals surface area contributed by atoms with E-state index < -0.39 is 27.5 Å². The maximum Gasteiger partial charge on any atom is 0.326 e. The number of esters is 1. The summed E-state index contributed by atoms with van der Waals surface area (Å²) in [6, 6.07) is 10.3. The highest BCUT2D eigenvalue weighted by atomic mass is 32.2. The fourth-order valence-electron chi connectivity index (χ4n) is 2.64. The molecule has 0 bridgehead atoms. The van der Waals surface area contributed by atoms with Gasteiger partial charge in [-0.3, -0.25) is 19.2 Å². The number of nitro benzene ring substituents is 1. The topological polar surface area (TPSA) is 107 Å². The Morgan fingerprint density at radius 1 is 1.14 bits per heavy atom. The fourth-order valence-corrected chi connectivity index (χ4v) is 4.29. The first-order valence-electron chi connectivity index (χ1n) is 8.73. The van der Waals surface area contributed by atoms with E-state index in [2.05, 4.69) is 0 Å². The van der Waals surface area contributed by atoms with Gasteiger partial charge in [0, 0.05) is 12.1 Å². The Balaban J connectivity index is 2.58. The number of carbonyl (C=O) groups is 1. The molecule has 0 aromatic heterocycles. The monoisotopic (exact) mass is 406 g/mol. The third-order valence-electron chi connectivity index (χ3n) is 4.16. The smallest absolute Gasteiger partial charge is 0.326 e. The molecule has 0 fully saturated rings. The van der Waals surface area contributed by atoms with Gasteiger partial charge in [0.2, 0.25) is 0 Å². The molecular formula is C19H22N2O6S. The van der Waals surface area contributed by atoms with Crippen LogP contribution in [0.4, 0.5) is 11.4 Å². The van der Waals surface area contributed by atoms with Gasteiger partial charge < -0.3 is 4.74 Å². The first kappa shape index (κ1) is 21.4. The van der Waals surface area contributed by atoms with E-state index in [-0.39, 0.29) is 22.9 Å². The van der Waals surface area contributed by atoms with E-state index >= 15 is 0 Å². The Morgan fingerprint density at radius 2 is 1.79 bits per heavy atom. The number of ether oxygens (including phenoxy) is 1. The Bertz CT molecular complexity index is 970. The molecule has 0 unspecified atom stereocenters. The zero-order valence-electron chi connectivity index (χ0n) is 15.9. The molecule has 0 aliphatic rings. The first-order valence-corrected chi connectivity index (χ1v) is 10.2. The van der Waals surface area contributed by atoms with Crippen LogP contribution in [0.1, 0.15) is 25.0 Å². The molecule has 8 nitrogen and oxygen atoms in total. The highest BCUT2D eigenvalue weighted by molar-refractivity contribution is 7.93. The molecule has 150 valence electrons. The lowest BCUT2D eigenvalue weighted by atomic mass is 10.1. The minimum absolute atomic E-state index is 0.108. The number of carbonyl (C=O) groups excluding carboxylic acids is 1. The van der Waals surface area contributed by atoms with Crippen molar-refractivity contribution in [2.24, 2.45) is 0 Å². The zero-order valence-corrected chi connectivity index (χ0v) is 16.7. The largest absolute Gasteiger partial charge is 0.465 e. The summed E-state index contributed by atoms with van der Waals surface area (Å²) in [5.41, 5.74) is 1.27. The van der Waals surface area contributed by atoms with E-state index in [4.69, 9.17) is 4.74 Å². The number of non-ortho nitro benzene ring substituents is 1. The number of nitro groups is 1. The lowest BCUT2D eigenvalue weighted by Gasteiger charge is -2.24. The Labute approximate surface area is 163 Å². The average Bonchev–Trinajstić information content (AvgIpc) is 2.66. The molecule has 0 radical (unpaired) electrons. The number of nitrogens with zero attached hydrogens (tertiary/aromatic N) is 2. The summed E-state index contributed by atoms with van der Waals surface area (Å²) in [7, 11) is -4.25. The van der Waals surface area contributed by atoms with Crippen LogP contribution in [0.2, 0.25) is 0 Å². The summed E-state index contributed by atoms with van der Waals surface area (Å²) in [4.78, 5) is 22.2. The molecule has 0 aliphatic carbocycles. The van der Waals surface area contributed by atoms with Crippen molar-refractivity contribution in [3.63, 3.8) is 0 Å². The second kappa shape index (κ2) is 8.83. The van der Waals surface area contributed by atoms with Crippen LogP contribution < -0.4 is 4.31 Å². The second-order valence-corrected chi connectivity index (χ2v) is 7.87. The van der Waals surface area contributed by atoms with Crippen molar-refractivity contribution in [1.82, 2.24) is 0 Å². The van der Waals surface area contributed by atoms with Crippen LogP contribution in [0, 0.1) is 17.0 Å². The predicted octanol–water partition coefficient (Wildman–Crippen LogP) is 3.22. The van der Waals surface area contributed by atoms with Gasteiger partial charge in [-0.15, -0.1) is 0 Å². The van der Waals surface area contributed by atoms with Gasteiger partial charge in [-0.1, -0.05) is 25.1 Å². The van der Waals surface area contributed by atoms with E-state index in [1.807, 2.05) is 6.92 Å². The third kappa shape index (κ3) is 4.66. The summed E-state index contributed by atoms with van der Waals surface area (Å²) in [6.45, 7) is 4.70. The fraction of sp³-hybridized carbons (Fsp3) is 0.316. The highest BCUT2D eigenvalue weighted by Gasteiger charge is 2.30. The van der Waals surface area contributed by atoms with Crippen molar-refractivity contribution in [2.75, 3.05) is 17.5 Å². The number of aryl methyl sites for hydroxylation is 2. The van der Waals surface area contributed by atoms with Gasteiger partial charge in [0.15, 0.2) is 0 Å². The molecule has 0 aliphatic heterocycles. The van der Waals surface area contributed by atoms with Gasteiger partial charge in [-0.2, -0.15) is 0 Å². The Hall–Kier alpha value is -2.94. The van der Waals surface area contributed by atoms with Crippen molar-refractivity contribution in [1.29, 1.82) is 0 Å².